The van der Waals surface area contributed by atoms with Crippen LogP contribution in [-0.2, 0) is 17.6 Å². The predicted octanol–water partition coefficient (Wildman–Crippen LogP) is 5.61. The Morgan fingerprint density at radius 1 is 1.25 bits per heavy atom. The molecule has 0 spiro atoms. The molecule has 5 nitrogen and oxygen atoms in total. The highest BCUT2D eigenvalue weighted by Crippen LogP contribution is 2.40. The van der Waals surface area contributed by atoms with Gasteiger partial charge in [-0.2, -0.15) is 0 Å². The first-order valence-electron chi connectivity index (χ1n) is 9.60. The van der Waals surface area contributed by atoms with Crippen molar-refractivity contribution in [3.05, 3.63) is 44.2 Å². The minimum Gasteiger partial charge on any atom is -0.492 e. The molecular weight excluding hydrogens is 442 g/mol. The van der Waals surface area contributed by atoms with E-state index in [1.54, 1.807) is 25.1 Å². The molecule has 1 aromatic carbocycles. The van der Waals surface area contributed by atoms with Crippen molar-refractivity contribution in [1.29, 1.82) is 0 Å². The third-order valence-corrected chi connectivity index (χ3v) is 6.40. The molecule has 28 heavy (non-hydrogen) atoms. The van der Waals surface area contributed by atoms with Crippen molar-refractivity contribution in [2.75, 3.05) is 18.5 Å². The predicted molar refractivity (Wildman–Crippen MR) is 115 cm³/mol. The van der Waals surface area contributed by atoms with E-state index < -0.39 is 0 Å². The zero-order valence-electron chi connectivity index (χ0n) is 16.1. The van der Waals surface area contributed by atoms with Gasteiger partial charge in [-0.25, -0.2) is 4.79 Å². The first-order chi connectivity index (χ1) is 13.5. The van der Waals surface area contributed by atoms with E-state index in [0.717, 1.165) is 42.1 Å². The molecular formula is C21H24BrNO4S. The number of ether oxygens (including phenoxy) is 2. The van der Waals surface area contributed by atoms with E-state index in [1.807, 2.05) is 0 Å². The fraction of sp³-hybridized carbons (Fsp3) is 0.429. The number of thiophene rings is 1. The van der Waals surface area contributed by atoms with Gasteiger partial charge in [-0.15, -0.1) is 11.3 Å². The van der Waals surface area contributed by atoms with Crippen molar-refractivity contribution in [1.82, 2.24) is 0 Å². The summed E-state index contributed by atoms with van der Waals surface area (Å²) in [6.45, 7) is 4.84. The van der Waals surface area contributed by atoms with Gasteiger partial charge in [0, 0.05) is 10.4 Å². The zero-order valence-corrected chi connectivity index (χ0v) is 18.5. The summed E-state index contributed by atoms with van der Waals surface area (Å²) in [5.74, 6) is 0.0941. The fourth-order valence-corrected chi connectivity index (χ4v) is 4.94. The number of rotatable bonds is 8. The summed E-state index contributed by atoms with van der Waals surface area (Å²) in [7, 11) is 0. The van der Waals surface area contributed by atoms with Crippen LogP contribution in [0.3, 0.4) is 0 Å². The van der Waals surface area contributed by atoms with E-state index in [2.05, 4.69) is 28.2 Å². The number of carbonyl (C=O) groups excluding carboxylic acids is 2. The highest BCUT2D eigenvalue weighted by atomic mass is 79.9. The first kappa shape index (κ1) is 20.9. The summed E-state index contributed by atoms with van der Waals surface area (Å²) >= 11 is 4.95. The Kier molecular flexibility index (Phi) is 7.13. The molecule has 150 valence electrons. The van der Waals surface area contributed by atoms with Gasteiger partial charge in [0.15, 0.2) is 0 Å². The molecule has 0 bridgehead atoms. The number of aryl methyl sites for hydroxylation is 1. The lowest BCUT2D eigenvalue weighted by Crippen LogP contribution is -2.15. The van der Waals surface area contributed by atoms with E-state index in [4.69, 9.17) is 9.47 Å². The number of esters is 1. The van der Waals surface area contributed by atoms with E-state index in [-0.39, 0.29) is 11.9 Å². The van der Waals surface area contributed by atoms with Gasteiger partial charge in [0.25, 0.3) is 5.91 Å². The quantitative estimate of drug-likeness (QED) is 0.406. The van der Waals surface area contributed by atoms with E-state index in [0.29, 0.717) is 35.1 Å². The lowest BCUT2D eigenvalue weighted by molar-refractivity contribution is 0.0527. The van der Waals surface area contributed by atoms with Crippen LogP contribution in [0.4, 0.5) is 5.00 Å². The van der Waals surface area contributed by atoms with Crippen LogP contribution in [0.2, 0.25) is 0 Å². The lowest BCUT2D eigenvalue weighted by Gasteiger charge is -2.10. The molecule has 0 radical (unpaired) electrons. The number of fused-ring (bicyclic) bond motifs is 1. The number of amides is 1. The summed E-state index contributed by atoms with van der Waals surface area (Å²) in [4.78, 5) is 26.4. The first-order valence-corrected chi connectivity index (χ1v) is 11.2. The second-order valence-corrected chi connectivity index (χ2v) is 8.54. The molecule has 1 aliphatic rings. The average molecular weight is 466 g/mol. The van der Waals surface area contributed by atoms with Gasteiger partial charge in [-0.1, -0.05) is 13.3 Å². The van der Waals surface area contributed by atoms with Gasteiger partial charge in [0.05, 0.1) is 23.2 Å². The van der Waals surface area contributed by atoms with Crippen LogP contribution >= 0.6 is 27.3 Å². The topological polar surface area (TPSA) is 64.6 Å². The minimum absolute atomic E-state index is 0.258. The maximum Gasteiger partial charge on any atom is 0.341 e. The number of carbonyl (C=O) groups is 2. The molecule has 0 fully saturated rings. The molecule has 2 aromatic rings. The molecule has 1 aromatic heterocycles. The van der Waals surface area contributed by atoms with E-state index >= 15 is 0 Å². The summed E-state index contributed by atoms with van der Waals surface area (Å²) in [6.07, 6.45) is 4.87. The van der Waals surface area contributed by atoms with Crippen LogP contribution in [0, 0.1) is 0 Å². The van der Waals surface area contributed by atoms with Crippen molar-refractivity contribution in [2.24, 2.45) is 0 Å². The maximum absolute atomic E-state index is 12.8. The molecule has 1 amide bonds. The average Bonchev–Trinajstić information content (AvgIpc) is 3.24. The number of hydrogen-bond acceptors (Lipinski definition) is 5. The van der Waals surface area contributed by atoms with Crippen LogP contribution in [0.1, 0.15) is 64.3 Å². The summed E-state index contributed by atoms with van der Waals surface area (Å²) in [6, 6.07) is 5.25. The number of hydrogen-bond donors (Lipinski definition) is 1. The lowest BCUT2D eigenvalue weighted by atomic mass is 10.1. The van der Waals surface area contributed by atoms with Crippen molar-refractivity contribution >= 4 is 44.1 Å². The second-order valence-electron chi connectivity index (χ2n) is 6.58. The van der Waals surface area contributed by atoms with Crippen LogP contribution in [-0.4, -0.2) is 25.1 Å². The summed E-state index contributed by atoms with van der Waals surface area (Å²) < 4.78 is 11.7. The Hall–Kier alpha value is -1.86. The van der Waals surface area contributed by atoms with Gasteiger partial charge in [-0.3, -0.25) is 4.79 Å². The molecule has 0 saturated carbocycles. The molecule has 7 heteroatoms. The molecule has 0 aliphatic heterocycles. The smallest absolute Gasteiger partial charge is 0.341 e. The molecule has 1 heterocycles. The third kappa shape index (κ3) is 4.58. The third-order valence-electron chi connectivity index (χ3n) is 4.58. The summed E-state index contributed by atoms with van der Waals surface area (Å²) in [5.41, 5.74) is 2.05. The minimum atomic E-state index is -0.363. The number of unbranched alkanes of at least 4 members (excludes halogenated alkanes) is 1. The second kappa shape index (κ2) is 9.56. The number of benzene rings is 1. The molecule has 1 N–H and O–H groups in total. The SMILES string of the molecule is CCCCOc1ccc(C(=O)Nc2sc3c(c2C(=O)OCC)CCC3)cc1Br. The van der Waals surface area contributed by atoms with Gasteiger partial charge >= 0.3 is 5.97 Å². The normalized spacial score (nSPS) is 12.5. The van der Waals surface area contributed by atoms with Crippen LogP contribution in [0.5, 0.6) is 5.75 Å². The van der Waals surface area contributed by atoms with Crippen LogP contribution in [0.25, 0.3) is 0 Å². The highest BCUT2D eigenvalue weighted by molar-refractivity contribution is 9.10. The van der Waals surface area contributed by atoms with Crippen molar-refractivity contribution in [3.63, 3.8) is 0 Å². The highest BCUT2D eigenvalue weighted by Gasteiger charge is 2.28. The van der Waals surface area contributed by atoms with Crippen molar-refractivity contribution < 1.29 is 19.1 Å². The van der Waals surface area contributed by atoms with Crippen molar-refractivity contribution in [2.45, 2.75) is 46.0 Å². The van der Waals surface area contributed by atoms with Gasteiger partial charge in [0.2, 0.25) is 0 Å². The monoisotopic (exact) mass is 465 g/mol. The Morgan fingerprint density at radius 3 is 2.79 bits per heavy atom. The Bertz CT molecular complexity index is 878. The molecule has 3 rings (SSSR count). The standard InChI is InChI=1S/C21H24BrNO4S/c1-3-5-11-27-16-10-9-13(12-15(16)22)19(24)23-20-18(21(25)26-4-2)14-7-6-8-17(14)28-20/h9-10,12H,3-8,11H2,1-2H3,(H,23,24). The van der Waals surface area contributed by atoms with Crippen LogP contribution < -0.4 is 10.1 Å². The van der Waals surface area contributed by atoms with Gasteiger partial charge < -0.3 is 14.8 Å². The molecule has 1 aliphatic carbocycles. The number of nitrogens with one attached hydrogen (secondary N) is 1. The fourth-order valence-electron chi connectivity index (χ4n) is 3.17. The number of anilines is 1. The molecule has 0 unspecified atom stereocenters. The van der Waals surface area contributed by atoms with Crippen LogP contribution in [0.15, 0.2) is 22.7 Å². The Balaban J connectivity index is 1.78. The molecule has 0 atom stereocenters. The van der Waals surface area contributed by atoms with Gasteiger partial charge in [-0.05, 0) is 72.3 Å². The van der Waals surface area contributed by atoms with E-state index in [1.165, 1.54) is 16.2 Å². The summed E-state index contributed by atoms with van der Waals surface area (Å²) in [5, 5.41) is 3.49. The number of halogens is 1. The van der Waals surface area contributed by atoms with Gasteiger partial charge in [0.1, 0.15) is 10.8 Å². The van der Waals surface area contributed by atoms with Crippen molar-refractivity contribution in [3.8, 4) is 5.75 Å². The maximum atomic E-state index is 12.8. The Morgan fingerprint density at radius 2 is 2.07 bits per heavy atom. The molecule has 0 saturated heterocycles. The Labute approximate surface area is 177 Å². The zero-order chi connectivity index (χ0) is 20.1. The van der Waals surface area contributed by atoms with E-state index in [9.17, 15) is 9.59 Å². The largest absolute Gasteiger partial charge is 0.492 e.